The Morgan fingerprint density at radius 1 is 1.39 bits per heavy atom. The van der Waals surface area contributed by atoms with Gasteiger partial charge in [0.1, 0.15) is 0 Å². The number of rotatable bonds is 6. The molecular weight excluding hydrogens is 433 g/mol. The van der Waals surface area contributed by atoms with Crippen molar-refractivity contribution in [3.05, 3.63) is 39.5 Å². The van der Waals surface area contributed by atoms with Crippen molar-refractivity contribution in [1.29, 1.82) is 0 Å². The minimum atomic E-state index is -0.318. The van der Waals surface area contributed by atoms with E-state index in [1.165, 1.54) is 0 Å². The molecule has 2 atom stereocenters. The van der Waals surface area contributed by atoms with Crippen molar-refractivity contribution in [2.45, 2.75) is 46.2 Å². The summed E-state index contributed by atoms with van der Waals surface area (Å²) in [5, 5.41) is 3.80. The number of hydrogen-bond donors (Lipinski definition) is 1. The highest BCUT2D eigenvalue weighted by molar-refractivity contribution is 6.43. The summed E-state index contributed by atoms with van der Waals surface area (Å²) in [5.74, 6) is 0. The number of carbonyl (C=O) groups is 1. The zero-order chi connectivity index (χ0) is 23.3. The van der Waals surface area contributed by atoms with Crippen LogP contribution in [-0.2, 0) is 0 Å². The van der Waals surface area contributed by atoms with Crippen LogP contribution in [0.4, 0.5) is 4.79 Å². The average Bonchev–Trinajstić information content (AvgIpc) is 2.70. The number of hydrogen-bond acceptors (Lipinski definition) is 4. The summed E-state index contributed by atoms with van der Waals surface area (Å²) in [5.41, 5.74) is 1.91. The van der Waals surface area contributed by atoms with E-state index in [1.807, 2.05) is 37.9 Å². The monoisotopic (exact) mass is 465 g/mol. The van der Waals surface area contributed by atoms with E-state index in [2.05, 4.69) is 47.8 Å². The van der Waals surface area contributed by atoms with Crippen molar-refractivity contribution < 1.29 is 4.79 Å². The normalized spacial score (nSPS) is 20.5. The van der Waals surface area contributed by atoms with Gasteiger partial charge in [0.05, 0.1) is 28.0 Å². The molecule has 1 aliphatic heterocycles. The third-order valence-corrected chi connectivity index (χ3v) is 6.76. The fourth-order valence-corrected chi connectivity index (χ4v) is 4.87. The zero-order valence-electron chi connectivity index (χ0n) is 19.2. The van der Waals surface area contributed by atoms with Crippen LogP contribution in [0.2, 0.25) is 10.0 Å². The summed E-state index contributed by atoms with van der Waals surface area (Å²) >= 11 is 13.1. The Bertz CT molecular complexity index is 881. The van der Waals surface area contributed by atoms with Crippen LogP contribution >= 0.6 is 23.2 Å². The number of likely N-dealkylation sites (tertiary alicyclic amines) is 1. The Morgan fingerprint density at radius 2 is 2.06 bits per heavy atom. The second kappa shape index (κ2) is 10.6. The quantitative estimate of drug-likeness (QED) is 0.562. The highest BCUT2D eigenvalue weighted by Gasteiger charge is 2.39. The van der Waals surface area contributed by atoms with Gasteiger partial charge in [-0.05, 0) is 51.6 Å². The number of urea groups is 1. The predicted octanol–water partition coefficient (Wildman–Crippen LogP) is 5.52. The third kappa shape index (κ3) is 5.88. The van der Waals surface area contributed by atoms with E-state index in [4.69, 9.17) is 23.2 Å². The van der Waals surface area contributed by atoms with Crippen LogP contribution in [0.15, 0.2) is 28.3 Å². The molecule has 31 heavy (non-hydrogen) atoms. The molecule has 1 N–H and O–H groups in total. The van der Waals surface area contributed by atoms with Crippen molar-refractivity contribution in [3.8, 4) is 0 Å². The Kier molecular flexibility index (Phi) is 8.69. The van der Waals surface area contributed by atoms with Gasteiger partial charge in [-0.15, -0.1) is 0 Å². The standard InChI is InChI=1S/C23H33Cl2N5O/c1-8-27-13-18(26-5)17-10-9-16(20(24)21(17)25)15(2)28-22(31)30(7)19-11-12-29(6)14-23(19,3)4/h8-10,13,15,19H,5,11-12,14H2,1-4,6-7H3,(H,28,31)/b18-13-,27-8?/t15?,19-/m1/s1. The maximum absolute atomic E-state index is 13.0. The zero-order valence-corrected chi connectivity index (χ0v) is 20.8. The number of halogens is 2. The van der Waals surface area contributed by atoms with Crippen LogP contribution in [0.25, 0.3) is 5.70 Å². The van der Waals surface area contributed by atoms with Gasteiger partial charge in [-0.3, -0.25) is 9.98 Å². The minimum Gasteiger partial charge on any atom is -0.331 e. The lowest BCUT2D eigenvalue weighted by Crippen LogP contribution is -2.57. The molecular formula is C23H33Cl2N5O. The van der Waals surface area contributed by atoms with E-state index in [9.17, 15) is 4.79 Å². The summed E-state index contributed by atoms with van der Waals surface area (Å²) in [6.07, 6.45) is 4.16. The van der Waals surface area contributed by atoms with E-state index < -0.39 is 0 Å². The predicted molar refractivity (Wildman–Crippen MR) is 133 cm³/mol. The fourth-order valence-electron chi connectivity index (χ4n) is 4.28. The summed E-state index contributed by atoms with van der Waals surface area (Å²) < 4.78 is 0. The van der Waals surface area contributed by atoms with Crippen LogP contribution in [0.3, 0.4) is 0 Å². The maximum atomic E-state index is 13.0. The van der Waals surface area contributed by atoms with Crippen molar-refractivity contribution in [1.82, 2.24) is 15.1 Å². The van der Waals surface area contributed by atoms with Crippen LogP contribution in [0.5, 0.6) is 0 Å². The van der Waals surface area contributed by atoms with Gasteiger partial charge >= 0.3 is 6.03 Å². The summed E-state index contributed by atoms with van der Waals surface area (Å²) in [6, 6.07) is 3.38. The summed E-state index contributed by atoms with van der Waals surface area (Å²) in [4.78, 5) is 25.2. The molecule has 1 saturated heterocycles. The lowest BCUT2D eigenvalue weighted by atomic mass is 9.78. The van der Waals surface area contributed by atoms with Gasteiger partial charge in [-0.1, -0.05) is 49.2 Å². The van der Waals surface area contributed by atoms with E-state index in [0.717, 1.165) is 25.1 Å². The van der Waals surface area contributed by atoms with Crippen LogP contribution in [0, 0.1) is 5.41 Å². The fraction of sp³-hybridized carbons (Fsp3) is 0.522. The van der Waals surface area contributed by atoms with Gasteiger partial charge in [0, 0.05) is 31.4 Å². The van der Waals surface area contributed by atoms with Gasteiger partial charge in [0.2, 0.25) is 0 Å². The van der Waals surface area contributed by atoms with Crippen molar-refractivity contribution in [2.75, 3.05) is 27.2 Å². The first-order valence-corrected chi connectivity index (χ1v) is 11.1. The van der Waals surface area contributed by atoms with E-state index in [0.29, 0.717) is 21.3 Å². The van der Waals surface area contributed by atoms with Crippen LogP contribution in [-0.4, -0.2) is 62.0 Å². The van der Waals surface area contributed by atoms with Gasteiger partial charge < -0.3 is 15.1 Å². The molecule has 0 aromatic heterocycles. The minimum absolute atomic E-state index is 0.00627. The molecule has 1 aromatic rings. The SMILES string of the molecule is C=N/C(=C\N=CC)c1ccc(C(C)NC(=O)N(C)[C@@H]2CCN(C)CC2(C)C)c(Cl)c1Cl. The van der Waals surface area contributed by atoms with Crippen molar-refractivity contribution >= 4 is 47.9 Å². The molecule has 170 valence electrons. The molecule has 1 heterocycles. The number of piperidine rings is 1. The number of carbonyl (C=O) groups excluding carboxylic acids is 1. The highest BCUT2D eigenvalue weighted by atomic mass is 35.5. The average molecular weight is 466 g/mol. The Labute approximate surface area is 196 Å². The number of nitrogens with zero attached hydrogens (tertiary/aromatic N) is 4. The molecule has 1 aliphatic rings. The van der Waals surface area contributed by atoms with E-state index >= 15 is 0 Å². The maximum Gasteiger partial charge on any atom is 0.317 e. The first-order valence-electron chi connectivity index (χ1n) is 10.4. The van der Waals surface area contributed by atoms with Crippen molar-refractivity contribution in [2.24, 2.45) is 15.4 Å². The molecule has 2 rings (SSSR count). The third-order valence-electron chi connectivity index (χ3n) is 5.86. The highest BCUT2D eigenvalue weighted by Crippen LogP contribution is 2.37. The summed E-state index contributed by atoms with van der Waals surface area (Å²) in [7, 11) is 3.98. The number of aliphatic imine (C=N–C) groups is 2. The molecule has 6 nitrogen and oxygen atoms in total. The first-order chi connectivity index (χ1) is 14.5. The van der Waals surface area contributed by atoms with Crippen molar-refractivity contribution in [3.63, 3.8) is 0 Å². The van der Waals surface area contributed by atoms with Gasteiger partial charge in [0.15, 0.2) is 0 Å². The first kappa shape index (κ1) is 25.4. The molecule has 2 amide bonds. The Hall–Kier alpha value is -1.89. The van der Waals surface area contributed by atoms with Gasteiger partial charge in [-0.25, -0.2) is 4.79 Å². The molecule has 8 heteroatoms. The number of nitrogens with one attached hydrogen (secondary N) is 1. The molecule has 1 fully saturated rings. The molecule has 0 spiro atoms. The van der Waals surface area contributed by atoms with E-state index in [1.54, 1.807) is 12.4 Å². The molecule has 1 unspecified atom stereocenters. The topological polar surface area (TPSA) is 60.3 Å². The number of amides is 2. The molecule has 0 aliphatic carbocycles. The molecule has 0 radical (unpaired) electrons. The smallest absolute Gasteiger partial charge is 0.317 e. The van der Waals surface area contributed by atoms with Crippen LogP contribution in [0.1, 0.15) is 51.3 Å². The second-order valence-electron chi connectivity index (χ2n) is 8.72. The Morgan fingerprint density at radius 3 is 2.65 bits per heavy atom. The molecule has 0 saturated carbocycles. The van der Waals surface area contributed by atoms with Gasteiger partial charge in [-0.2, -0.15) is 0 Å². The molecule has 1 aromatic carbocycles. The second-order valence-corrected chi connectivity index (χ2v) is 9.48. The van der Waals surface area contributed by atoms with Gasteiger partial charge in [0.25, 0.3) is 0 Å². The largest absolute Gasteiger partial charge is 0.331 e. The summed E-state index contributed by atoms with van der Waals surface area (Å²) in [6.45, 7) is 13.6. The van der Waals surface area contributed by atoms with E-state index in [-0.39, 0.29) is 23.5 Å². The Balaban J connectivity index is 2.20. The number of benzene rings is 1. The lowest BCUT2D eigenvalue weighted by molar-refractivity contribution is 0.0446. The molecule has 0 bridgehead atoms. The van der Waals surface area contributed by atoms with Crippen LogP contribution < -0.4 is 5.32 Å². The lowest BCUT2D eigenvalue weighted by Gasteiger charge is -2.47.